The van der Waals surface area contributed by atoms with Gasteiger partial charge in [-0.25, -0.2) is 0 Å². The summed E-state index contributed by atoms with van der Waals surface area (Å²) in [6.07, 6.45) is 3.02. The maximum Gasteiger partial charge on any atom is 0.131 e. The van der Waals surface area contributed by atoms with Crippen LogP contribution in [0.4, 0.5) is 0 Å². The van der Waals surface area contributed by atoms with Gasteiger partial charge in [0.25, 0.3) is 0 Å². The first-order valence-corrected chi connectivity index (χ1v) is 6.55. The number of carbonyl (C=O) groups excluding carboxylic acids is 1. The van der Waals surface area contributed by atoms with E-state index in [4.69, 9.17) is 4.74 Å². The summed E-state index contributed by atoms with van der Waals surface area (Å²) in [6.45, 7) is 3.69. The molecule has 98 valence electrons. The van der Waals surface area contributed by atoms with Crippen LogP contribution in [-0.2, 0) is 11.3 Å². The quantitative estimate of drug-likeness (QED) is 0.801. The van der Waals surface area contributed by atoms with Gasteiger partial charge in [0.2, 0.25) is 0 Å². The van der Waals surface area contributed by atoms with Gasteiger partial charge in [0, 0.05) is 19.0 Å². The zero-order valence-corrected chi connectivity index (χ0v) is 11.2. The molecule has 0 aliphatic carbocycles. The van der Waals surface area contributed by atoms with Gasteiger partial charge >= 0.3 is 0 Å². The predicted molar refractivity (Wildman–Crippen MR) is 71.7 cm³/mol. The molecule has 1 heterocycles. The maximum absolute atomic E-state index is 11.3. The first-order chi connectivity index (χ1) is 8.69. The Morgan fingerprint density at radius 2 is 2.33 bits per heavy atom. The van der Waals surface area contributed by atoms with Crippen LogP contribution in [0.3, 0.4) is 0 Å². The second-order valence-corrected chi connectivity index (χ2v) is 5.02. The van der Waals surface area contributed by atoms with E-state index in [9.17, 15) is 4.79 Å². The van der Waals surface area contributed by atoms with Gasteiger partial charge in [-0.1, -0.05) is 12.1 Å². The van der Waals surface area contributed by atoms with Gasteiger partial charge in [0.1, 0.15) is 11.5 Å². The topological polar surface area (TPSA) is 29.5 Å². The van der Waals surface area contributed by atoms with E-state index in [-0.39, 0.29) is 5.78 Å². The Morgan fingerprint density at radius 3 is 3.06 bits per heavy atom. The molecule has 0 spiro atoms. The number of methoxy groups -OCH3 is 1. The average Bonchev–Trinajstić information content (AvgIpc) is 2.76. The van der Waals surface area contributed by atoms with Gasteiger partial charge in [0.15, 0.2) is 0 Å². The van der Waals surface area contributed by atoms with Crippen LogP contribution in [0.2, 0.25) is 0 Å². The molecule has 18 heavy (non-hydrogen) atoms. The lowest BCUT2D eigenvalue weighted by Gasteiger charge is -2.23. The van der Waals surface area contributed by atoms with E-state index in [1.807, 2.05) is 12.1 Å². The van der Waals surface area contributed by atoms with Gasteiger partial charge < -0.3 is 4.74 Å². The minimum absolute atomic E-state index is 0.289. The van der Waals surface area contributed by atoms with Crippen molar-refractivity contribution in [1.29, 1.82) is 0 Å². The molecule has 1 unspecified atom stereocenters. The third kappa shape index (κ3) is 3.33. The zero-order valence-electron chi connectivity index (χ0n) is 11.2. The summed E-state index contributed by atoms with van der Waals surface area (Å²) < 4.78 is 5.24. The summed E-state index contributed by atoms with van der Waals surface area (Å²) in [6, 6.07) is 8.59. The SMILES string of the molecule is COc1cccc(CN2CCCC2CC(C)=O)c1. The molecule has 1 aliphatic heterocycles. The van der Waals surface area contributed by atoms with Crippen LogP contribution in [0, 0.1) is 0 Å². The number of ether oxygens (including phenoxy) is 1. The number of nitrogens with zero attached hydrogens (tertiary/aromatic N) is 1. The fourth-order valence-electron chi connectivity index (χ4n) is 2.67. The molecule has 3 nitrogen and oxygen atoms in total. The molecule has 0 bridgehead atoms. The molecule has 3 heteroatoms. The summed E-state index contributed by atoms with van der Waals surface area (Å²) in [7, 11) is 1.69. The number of likely N-dealkylation sites (tertiary alicyclic amines) is 1. The van der Waals surface area contributed by atoms with Crippen molar-refractivity contribution < 1.29 is 9.53 Å². The lowest BCUT2D eigenvalue weighted by Crippen LogP contribution is -2.30. The van der Waals surface area contributed by atoms with Crippen LogP contribution < -0.4 is 4.74 Å². The predicted octanol–water partition coefficient (Wildman–Crippen LogP) is 2.64. The molecule has 0 N–H and O–H groups in total. The molecular weight excluding hydrogens is 226 g/mol. The van der Waals surface area contributed by atoms with E-state index < -0.39 is 0 Å². The highest BCUT2D eigenvalue weighted by Crippen LogP contribution is 2.23. The summed E-state index contributed by atoms with van der Waals surface area (Å²) in [5.41, 5.74) is 1.25. The van der Waals surface area contributed by atoms with Gasteiger partial charge in [0.05, 0.1) is 7.11 Å². The standard InChI is InChI=1S/C15H21NO2/c1-12(17)9-14-6-4-8-16(14)11-13-5-3-7-15(10-13)18-2/h3,5,7,10,14H,4,6,8-9,11H2,1-2H3. The van der Waals surface area contributed by atoms with Crippen LogP contribution in [0.25, 0.3) is 0 Å². The lowest BCUT2D eigenvalue weighted by atomic mass is 10.1. The highest BCUT2D eigenvalue weighted by molar-refractivity contribution is 5.76. The lowest BCUT2D eigenvalue weighted by molar-refractivity contribution is -0.118. The fourth-order valence-corrected chi connectivity index (χ4v) is 2.67. The van der Waals surface area contributed by atoms with E-state index >= 15 is 0 Å². The molecule has 1 saturated heterocycles. The first-order valence-electron chi connectivity index (χ1n) is 6.55. The van der Waals surface area contributed by atoms with Crippen LogP contribution in [-0.4, -0.2) is 30.4 Å². The van der Waals surface area contributed by atoms with Crippen LogP contribution in [0.5, 0.6) is 5.75 Å². The van der Waals surface area contributed by atoms with E-state index in [0.717, 1.165) is 25.3 Å². The number of Topliss-reactive ketones (excluding diaryl/α,β-unsaturated/α-hetero) is 1. The molecule has 1 atom stereocenters. The molecule has 2 rings (SSSR count). The van der Waals surface area contributed by atoms with Crippen molar-refractivity contribution in [3.8, 4) is 5.75 Å². The van der Waals surface area contributed by atoms with Crippen molar-refractivity contribution in [1.82, 2.24) is 4.90 Å². The Labute approximate surface area is 109 Å². The monoisotopic (exact) mass is 247 g/mol. The average molecular weight is 247 g/mol. The largest absolute Gasteiger partial charge is 0.497 e. The third-order valence-electron chi connectivity index (χ3n) is 3.54. The van der Waals surface area contributed by atoms with Gasteiger partial charge in [-0.3, -0.25) is 9.69 Å². The molecule has 0 aromatic heterocycles. The van der Waals surface area contributed by atoms with Gasteiger partial charge in [-0.15, -0.1) is 0 Å². The number of rotatable bonds is 5. The second-order valence-electron chi connectivity index (χ2n) is 5.02. The summed E-state index contributed by atoms with van der Waals surface area (Å²) in [4.78, 5) is 13.7. The van der Waals surface area contributed by atoms with E-state index in [0.29, 0.717) is 12.5 Å². The van der Waals surface area contributed by atoms with Gasteiger partial charge in [-0.05, 0) is 44.0 Å². The first kappa shape index (κ1) is 13.1. The van der Waals surface area contributed by atoms with E-state index in [1.54, 1.807) is 14.0 Å². The third-order valence-corrected chi connectivity index (χ3v) is 3.54. The Bertz CT molecular complexity index is 417. The Morgan fingerprint density at radius 1 is 1.50 bits per heavy atom. The highest BCUT2D eigenvalue weighted by atomic mass is 16.5. The molecule has 1 aromatic rings. The van der Waals surface area contributed by atoms with Crippen molar-refractivity contribution >= 4 is 5.78 Å². The molecule has 1 fully saturated rings. The van der Waals surface area contributed by atoms with Crippen LogP contribution in [0.1, 0.15) is 31.7 Å². The van der Waals surface area contributed by atoms with Crippen molar-refractivity contribution in [2.75, 3.05) is 13.7 Å². The second kappa shape index (κ2) is 6.01. The fraction of sp³-hybridized carbons (Fsp3) is 0.533. The zero-order chi connectivity index (χ0) is 13.0. The summed E-state index contributed by atoms with van der Waals surface area (Å²) in [5, 5.41) is 0. The number of hydrogen-bond acceptors (Lipinski definition) is 3. The van der Waals surface area contributed by atoms with Crippen LogP contribution in [0.15, 0.2) is 24.3 Å². The van der Waals surface area contributed by atoms with E-state index in [2.05, 4.69) is 17.0 Å². The highest BCUT2D eigenvalue weighted by Gasteiger charge is 2.25. The number of carbonyl (C=O) groups is 1. The van der Waals surface area contributed by atoms with Crippen molar-refractivity contribution in [3.05, 3.63) is 29.8 Å². The molecular formula is C15H21NO2. The molecule has 0 saturated carbocycles. The molecule has 0 amide bonds. The van der Waals surface area contributed by atoms with Crippen molar-refractivity contribution in [3.63, 3.8) is 0 Å². The minimum atomic E-state index is 0.289. The molecule has 0 radical (unpaired) electrons. The number of benzene rings is 1. The summed E-state index contributed by atoms with van der Waals surface area (Å²) >= 11 is 0. The molecule has 1 aromatic carbocycles. The minimum Gasteiger partial charge on any atom is -0.497 e. The Kier molecular flexibility index (Phi) is 4.37. The van der Waals surface area contributed by atoms with Crippen LogP contribution >= 0.6 is 0 Å². The maximum atomic E-state index is 11.3. The normalized spacial score (nSPS) is 20.0. The Balaban J connectivity index is 2.00. The smallest absolute Gasteiger partial charge is 0.131 e. The van der Waals surface area contributed by atoms with E-state index in [1.165, 1.54) is 12.0 Å². The number of ketones is 1. The molecule has 1 aliphatic rings. The van der Waals surface area contributed by atoms with Gasteiger partial charge in [-0.2, -0.15) is 0 Å². The van der Waals surface area contributed by atoms with Crippen molar-refractivity contribution in [2.45, 2.75) is 38.8 Å². The summed E-state index contributed by atoms with van der Waals surface area (Å²) in [5.74, 6) is 1.19. The Hall–Kier alpha value is -1.35. The number of hydrogen-bond donors (Lipinski definition) is 0. The van der Waals surface area contributed by atoms with Crippen molar-refractivity contribution in [2.24, 2.45) is 0 Å².